The maximum atomic E-state index is 12.5. The van der Waals surface area contributed by atoms with Crippen LogP contribution < -0.4 is 5.32 Å². The number of thiophene rings is 1. The maximum absolute atomic E-state index is 12.5. The summed E-state index contributed by atoms with van der Waals surface area (Å²) in [4.78, 5) is 17.9. The predicted molar refractivity (Wildman–Crippen MR) is 96.2 cm³/mol. The summed E-state index contributed by atoms with van der Waals surface area (Å²) in [7, 11) is 1.84. The zero-order valence-electron chi connectivity index (χ0n) is 14.3. The Bertz CT molecular complexity index is 621. The molecule has 0 unspecified atom stereocenters. The summed E-state index contributed by atoms with van der Waals surface area (Å²) in [6.45, 7) is 4.73. The second kappa shape index (κ2) is 7.85. The van der Waals surface area contributed by atoms with Gasteiger partial charge in [0.2, 0.25) is 0 Å². The van der Waals surface area contributed by atoms with E-state index in [0.717, 1.165) is 18.8 Å². The molecule has 0 radical (unpaired) electrons. The standard InChI is InChI=1S/C18H25N3O2S/c1-14(17-8-6-12-24-17)20(2)18(22)19-13-15(16-7-5-11-23-16)21-9-3-4-10-21/h5-8,11-12,14-15H,3-4,9-10,13H2,1-2H3,(H,19,22)/t14-,15+/m1/s1. The molecule has 1 saturated heterocycles. The molecule has 0 bridgehead atoms. The first-order valence-corrected chi connectivity index (χ1v) is 9.36. The smallest absolute Gasteiger partial charge is 0.317 e. The third-order valence-electron chi connectivity index (χ3n) is 4.76. The van der Waals surface area contributed by atoms with E-state index >= 15 is 0 Å². The Morgan fingerprint density at radius 1 is 1.38 bits per heavy atom. The van der Waals surface area contributed by atoms with Crippen LogP contribution in [0.2, 0.25) is 0 Å². The highest BCUT2D eigenvalue weighted by atomic mass is 32.1. The fourth-order valence-corrected chi connectivity index (χ4v) is 3.97. The number of amides is 2. The molecule has 0 saturated carbocycles. The van der Waals surface area contributed by atoms with Crippen LogP contribution in [-0.4, -0.2) is 42.5 Å². The summed E-state index contributed by atoms with van der Waals surface area (Å²) in [6.07, 6.45) is 4.12. The largest absolute Gasteiger partial charge is 0.468 e. The van der Waals surface area contributed by atoms with Gasteiger partial charge in [-0.25, -0.2) is 4.79 Å². The molecule has 0 aliphatic carbocycles. The van der Waals surface area contributed by atoms with Crippen LogP contribution in [-0.2, 0) is 0 Å². The van der Waals surface area contributed by atoms with Crippen molar-refractivity contribution in [1.29, 1.82) is 0 Å². The quantitative estimate of drug-likeness (QED) is 0.863. The SMILES string of the molecule is C[C@H](c1cccs1)N(C)C(=O)NC[C@@H](c1ccco1)N1CCCC1. The van der Waals surface area contributed by atoms with Crippen molar-refractivity contribution < 1.29 is 9.21 Å². The Hall–Kier alpha value is -1.79. The monoisotopic (exact) mass is 347 g/mol. The molecule has 6 heteroatoms. The molecule has 3 heterocycles. The molecular formula is C18H25N3O2S. The van der Waals surface area contributed by atoms with Crippen molar-refractivity contribution in [2.45, 2.75) is 31.8 Å². The van der Waals surface area contributed by atoms with Crippen LogP contribution in [0.3, 0.4) is 0 Å². The number of carbonyl (C=O) groups is 1. The van der Waals surface area contributed by atoms with Crippen LogP contribution >= 0.6 is 11.3 Å². The van der Waals surface area contributed by atoms with Crippen molar-refractivity contribution in [3.63, 3.8) is 0 Å². The van der Waals surface area contributed by atoms with Gasteiger partial charge >= 0.3 is 6.03 Å². The lowest BCUT2D eigenvalue weighted by Gasteiger charge is -2.29. The summed E-state index contributed by atoms with van der Waals surface area (Å²) in [5, 5.41) is 5.12. The number of hydrogen-bond donors (Lipinski definition) is 1. The van der Waals surface area contributed by atoms with Crippen molar-refractivity contribution in [2.75, 3.05) is 26.7 Å². The third-order valence-corrected chi connectivity index (χ3v) is 5.80. The van der Waals surface area contributed by atoms with Gasteiger partial charge < -0.3 is 14.6 Å². The lowest BCUT2D eigenvalue weighted by atomic mass is 10.2. The maximum Gasteiger partial charge on any atom is 0.317 e. The van der Waals surface area contributed by atoms with Crippen molar-refractivity contribution in [2.24, 2.45) is 0 Å². The van der Waals surface area contributed by atoms with E-state index in [-0.39, 0.29) is 18.1 Å². The van der Waals surface area contributed by atoms with Crippen LogP contribution in [0.25, 0.3) is 0 Å². The normalized spacial score (nSPS) is 17.6. The first kappa shape index (κ1) is 17.0. The summed E-state index contributed by atoms with van der Waals surface area (Å²) >= 11 is 1.67. The minimum Gasteiger partial charge on any atom is -0.468 e. The molecule has 0 aromatic carbocycles. The second-order valence-corrected chi connectivity index (χ2v) is 7.24. The fraction of sp³-hybridized carbons (Fsp3) is 0.500. The van der Waals surface area contributed by atoms with Crippen molar-refractivity contribution in [3.05, 3.63) is 46.5 Å². The molecular weight excluding hydrogens is 322 g/mol. The van der Waals surface area contributed by atoms with Crippen molar-refractivity contribution in [3.8, 4) is 0 Å². The average molecular weight is 347 g/mol. The number of hydrogen-bond acceptors (Lipinski definition) is 4. The Labute approximate surface area is 147 Å². The van der Waals surface area contributed by atoms with E-state index in [4.69, 9.17) is 4.42 Å². The van der Waals surface area contributed by atoms with Gasteiger partial charge in [0.05, 0.1) is 18.3 Å². The summed E-state index contributed by atoms with van der Waals surface area (Å²) < 4.78 is 5.60. The van der Waals surface area contributed by atoms with Gasteiger partial charge in [-0.15, -0.1) is 11.3 Å². The van der Waals surface area contributed by atoms with Gasteiger partial charge in [0, 0.05) is 18.5 Å². The molecule has 1 aliphatic heterocycles. The molecule has 0 spiro atoms. The van der Waals surface area contributed by atoms with Gasteiger partial charge in [-0.3, -0.25) is 4.90 Å². The number of nitrogens with one attached hydrogen (secondary N) is 1. The number of furan rings is 1. The summed E-state index contributed by atoms with van der Waals surface area (Å²) in [5.74, 6) is 0.922. The van der Waals surface area contributed by atoms with Crippen LogP contribution in [0, 0.1) is 0 Å². The Morgan fingerprint density at radius 2 is 2.17 bits per heavy atom. The van der Waals surface area contributed by atoms with Crippen molar-refractivity contribution >= 4 is 17.4 Å². The van der Waals surface area contributed by atoms with Crippen LogP contribution in [0.1, 0.15) is 42.5 Å². The van der Waals surface area contributed by atoms with E-state index in [2.05, 4.69) is 23.2 Å². The number of urea groups is 1. The lowest BCUT2D eigenvalue weighted by molar-refractivity contribution is 0.179. The van der Waals surface area contributed by atoms with Gasteiger partial charge in [0.15, 0.2) is 0 Å². The number of likely N-dealkylation sites (tertiary alicyclic amines) is 1. The van der Waals surface area contributed by atoms with Crippen molar-refractivity contribution in [1.82, 2.24) is 15.1 Å². The molecule has 2 amide bonds. The predicted octanol–water partition coefficient (Wildman–Crippen LogP) is 3.88. The van der Waals surface area contributed by atoms with E-state index in [1.807, 2.05) is 30.6 Å². The van der Waals surface area contributed by atoms with Crippen LogP contribution in [0.15, 0.2) is 40.3 Å². The van der Waals surface area contributed by atoms with E-state index in [1.54, 1.807) is 22.5 Å². The molecule has 1 N–H and O–H groups in total. The molecule has 1 aliphatic rings. The van der Waals surface area contributed by atoms with Gasteiger partial charge in [-0.2, -0.15) is 0 Å². The van der Waals surface area contributed by atoms with Gasteiger partial charge in [0.25, 0.3) is 0 Å². The Kier molecular flexibility index (Phi) is 5.58. The molecule has 2 aromatic rings. The summed E-state index contributed by atoms with van der Waals surface area (Å²) in [5.41, 5.74) is 0. The van der Waals surface area contributed by atoms with E-state index in [9.17, 15) is 4.79 Å². The molecule has 5 nitrogen and oxygen atoms in total. The van der Waals surface area contributed by atoms with E-state index in [0.29, 0.717) is 6.54 Å². The molecule has 2 atom stereocenters. The molecule has 3 rings (SSSR count). The van der Waals surface area contributed by atoms with Crippen LogP contribution in [0.4, 0.5) is 4.79 Å². The topological polar surface area (TPSA) is 48.7 Å². The van der Waals surface area contributed by atoms with E-state index in [1.165, 1.54) is 17.7 Å². The minimum atomic E-state index is -0.0494. The average Bonchev–Trinajstić information content (AvgIpc) is 3.36. The Balaban J connectivity index is 1.60. The van der Waals surface area contributed by atoms with Gasteiger partial charge in [-0.05, 0) is 56.4 Å². The highest BCUT2D eigenvalue weighted by Gasteiger charge is 2.27. The molecule has 24 heavy (non-hydrogen) atoms. The molecule has 130 valence electrons. The third kappa shape index (κ3) is 3.82. The number of rotatable bonds is 6. The van der Waals surface area contributed by atoms with Gasteiger partial charge in [-0.1, -0.05) is 6.07 Å². The fourth-order valence-electron chi connectivity index (χ4n) is 3.15. The van der Waals surface area contributed by atoms with Gasteiger partial charge in [0.1, 0.15) is 5.76 Å². The zero-order valence-corrected chi connectivity index (χ0v) is 15.1. The number of carbonyl (C=O) groups excluding carboxylic acids is 1. The van der Waals surface area contributed by atoms with Crippen LogP contribution in [0.5, 0.6) is 0 Å². The Morgan fingerprint density at radius 3 is 2.79 bits per heavy atom. The molecule has 1 fully saturated rings. The first-order valence-electron chi connectivity index (χ1n) is 8.48. The summed E-state index contributed by atoms with van der Waals surface area (Å²) in [6, 6.07) is 8.11. The lowest BCUT2D eigenvalue weighted by Crippen LogP contribution is -2.43. The zero-order chi connectivity index (χ0) is 16.9. The molecule has 2 aromatic heterocycles. The van der Waals surface area contributed by atoms with E-state index < -0.39 is 0 Å². The highest BCUT2D eigenvalue weighted by Crippen LogP contribution is 2.26. The highest BCUT2D eigenvalue weighted by molar-refractivity contribution is 7.10. The first-order chi connectivity index (χ1) is 11.7. The second-order valence-electron chi connectivity index (χ2n) is 6.26. The minimum absolute atomic E-state index is 0.0494. The number of nitrogens with zero attached hydrogens (tertiary/aromatic N) is 2.